The van der Waals surface area contributed by atoms with Gasteiger partial charge in [-0.3, -0.25) is 20.1 Å². The van der Waals surface area contributed by atoms with E-state index in [0.717, 1.165) is 38.5 Å². The van der Waals surface area contributed by atoms with Crippen LogP contribution in [0, 0.1) is 0 Å². The summed E-state index contributed by atoms with van der Waals surface area (Å²) in [5.41, 5.74) is 11.4. The largest absolute Gasteiger partial charge is 0.456 e. The van der Waals surface area contributed by atoms with E-state index in [4.69, 9.17) is 20.9 Å². The summed E-state index contributed by atoms with van der Waals surface area (Å²) >= 11 is 0. The summed E-state index contributed by atoms with van der Waals surface area (Å²) in [6.07, 6.45) is 35.7. The smallest absolute Gasteiger partial charge is 0.307 e. The molecule has 0 aromatic carbocycles. The monoisotopic (exact) mass is 667 g/mol. The topological polar surface area (TPSA) is 122 Å². The van der Waals surface area contributed by atoms with Crippen LogP contribution in [-0.4, -0.2) is 30.2 Å². The van der Waals surface area contributed by atoms with Gasteiger partial charge in [0.1, 0.15) is 0 Å². The predicted molar refractivity (Wildman–Crippen MR) is 197 cm³/mol. The van der Waals surface area contributed by atoms with Crippen LogP contribution in [-0.2, 0) is 23.9 Å². The number of hydrogen-bond donors (Lipinski definition) is 2. The van der Waals surface area contributed by atoms with Crippen LogP contribution in [0.3, 0.4) is 0 Å². The SMILES string of the molecule is CCCCCCCCCCCCCCCCCC(=O)OC(N)C(CC(N)=O)OC(=O)CCCCCCCCCCCCCCCCC. The lowest BCUT2D eigenvalue weighted by molar-refractivity contribution is -0.169. The van der Waals surface area contributed by atoms with Gasteiger partial charge in [0.25, 0.3) is 0 Å². The van der Waals surface area contributed by atoms with Crippen molar-refractivity contribution >= 4 is 17.8 Å². The molecule has 0 rings (SSSR count). The zero-order valence-electron chi connectivity index (χ0n) is 31.2. The number of hydrogen-bond acceptors (Lipinski definition) is 6. The highest BCUT2D eigenvalue weighted by Crippen LogP contribution is 2.16. The summed E-state index contributed by atoms with van der Waals surface area (Å²) in [7, 11) is 0. The zero-order chi connectivity index (χ0) is 34.6. The Labute approximate surface area is 290 Å². The molecule has 0 heterocycles. The maximum atomic E-state index is 12.4. The lowest BCUT2D eigenvalue weighted by Gasteiger charge is -2.23. The molecule has 7 nitrogen and oxygen atoms in total. The molecule has 0 aromatic heterocycles. The van der Waals surface area contributed by atoms with Crippen LogP contribution >= 0.6 is 0 Å². The fourth-order valence-electron chi connectivity index (χ4n) is 6.22. The number of carbonyl (C=O) groups is 3. The van der Waals surface area contributed by atoms with Crippen LogP contribution in [0.4, 0.5) is 0 Å². The van der Waals surface area contributed by atoms with E-state index < -0.39 is 30.2 Å². The Hall–Kier alpha value is -1.63. The molecule has 47 heavy (non-hydrogen) atoms. The number of primary amides is 1. The predicted octanol–water partition coefficient (Wildman–Crippen LogP) is 11.1. The molecule has 0 aliphatic heterocycles. The Morgan fingerprint density at radius 1 is 0.426 bits per heavy atom. The van der Waals surface area contributed by atoms with Crippen molar-refractivity contribution in [1.29, 1.82) is 0 Å². The average Bonchev–Trinajstić information content (AvgIpc) is 3.04. The molecule has 0 aliphatic carbocycles. The molecule has 0 bridgehead atoms. The minimum atomic E-state index is -1.20. The fourth-order valence-corrected chi connectivity index (χ4v) is 6.22. The van der Waals surface area contributed by atoms with Crippen molar-refractivity contribution < 1.29 is 23.9 Å². The number of nitrogens with two attached hydrogens (primary N) is 2. The summed E-state index contributed by atoms with van der Waals surface area (Å²) in [5.74, 6) is -1.51. The third kappa shape index (κ3) is 34.0. The number of ether oxygens (including phenoxy) is 2. The quantitative estimate of drug-likeness (QED) is 0.0386. The maximum Gasteiger partial charge on any atom is 0.307 e. The molecule has 0 aromatic rings. The van der Waals surface area contributed by atoms with Crippen molar-refractivity contribution in [1.82, 2.24) is 0 Å². The second-order valence-corrected chi connectivity index (χ2v) is 14.1. The highest BCUT2D eigenvalue weighted by Gasteiger charge is 2.27. The molecular weight excluding hydrogens is 588 g/mol. The minimum absolute atomic E-state index is 0.257. The van der Waals surface area contributed by atoms with Gasteiger partial charge in [-0.05, 0) is 12.8 Å². The molecular formula is C40H78N2O5. The molecule has 4 N–H and O–H groups in total. The van der Waals surface area contributed by atoms with Gasteiger partial charge in [-0.15, -0.1) is 0 Å². The Kier molecular flexibility index (Phi) is 34.4. The van der Waals surface area contributed by atoms with Crippen molar-refractivity contribution in [3.63, 3.8) is 0 Å². The van der Waals surface area contributed by atoms with Gasteiger partial charge in [0.15, 0.2) is 12.3 Å². The van der Waals surface area contributed by atoms with Crippen molar-refractivity contribution in [2.24, 2.45) is 11.5 Å². The third-order valence-electron chi connectivity index (χ3n) is 9.29. The molecule has 7 heteroatoms. The number of amides is 1. The Morgan fingerprint density at radius 2 is 0.681 bits per heavy atom. The molecule has 0 fully saturated rings. The van der Waals surface area contributed by atoms with E-state index in [1.165, 1.54) is 154 Å². The summed E-state index contributed by atoms with van der Waals surface area (Å²) in [6, 6.07) is 0. The first-order valence-electron chi connectivity index (χ1n) is 20.3. The lowest BCUT2D eigenvalue weighted by Crippen LogP contribution is -2.44. The van der Waals surface area contributed by atoms with Gasteiger partial charge in [0.05, 0.1) is 6.42 Å². The van der Waals surface area contributed by atoms with Crippen LogP contribution in [0.15, 0.2) is 0 Å². The highest BCUT2D eigenvalue weighted by atomic mass is 16.6. The van der Waals surface area contributed by atoms with E-state index >= 15 is 0 Å². The van der Waals surface area contributed by atoms with E-state index in [0.29, 0.717) is 0 Å². The summed E-state index contributed by atoms with van der Waals surface area (Å²) in [6.45, 7) is 4.52. The molecule has 0 aliphatic rings. The second-order valence-electron chi connectivity index (χ2n) is 14.1. The molecule has 0 saturated heterocycles. The van der Waals surface area contributed by atoms with Gasteiger partial charge in [0.2, 0.25) is 5.91 Å². The summed E-state index contributed by atoms with van der Waals surface area (Å²) < 4.78 is 10.8. The molecule has 2 atom stereocenters. The normalized spacial score (nSPS) is 12.6. The van der Waals surface area contributed by atoms with Crippen molar-refractivity contribution in [2.45, 2.75) is 238 Å². The van der Waals surface area contributed by atoms with E-state index in [1.807, 2.05) is 0 Å². The fraction of sp³-hybridized carbons (Fsp3) is 0.925. The summed E-state index contributed by atoms with van der Waals surface area (Å²) in [5, 5.41) is 0. The molecule has 0 spiro atoms. The van der Waals surface area contributed by atoms with Crippen molar-refractivity contribution in [3.8, 4) is 0 Å². The molecule has 278 valence electrons. The van der Waals surface area contributed by atoms with E-state index in [2.05, 4.69) is 13.8 Å². The van der Waals surface area contributed by atoms with Gasteiger partial charge >= 0.3 is 11.9 Å². The molecule has 0 radical (unpaired) electrons. The first-order chi connectivity index (χ1) is 22.9. The average molecular weight is 667 g/mol. The van der Waals surface area contributed by atoms with E-state index in [9.17, 15) is 14.4 Å². The Balaban J connectivity index is 3.84. The number of esters is 2. The standard InChI is InChI=1S/C40H78N2O5/c1-3-5-7-9-11-13-15-17-19-21-23-25-27-29-31-33-38(44)46-36(35-37(41)43)40(42)47-39(45)34-32-30-28-26-24-22-20-18-16-14-12-10-8-6-4-2/h36,40H,3-35,42H2,1-2H3,(H2,41,43). The van der Waals surface area contributed by atoms with Crippen LogP contribution in [0.25, 0.3) is 0 Å². The highest BCUT2D eigenvalue weighted by molar-refractivity contribution is 5.76. The Bertz CT molecular complexity index is 717. The third-order valence-corrected chi connectivity index (χ3v) is 9.29. The number of unbranched alkanes of at least 4 members (excludes halogenated alkanes) is 28. The number of rotatable bonds is 37. The first-order valence-corrected chi connectivity index (χ1v) is 20.3. The van der Waals surface area contributed by atoms with E-state index in [-0.39, 0.29) is 19.3 Å². The van der Waals surface area contributed by atoms with Gasteiger partial charge in [-0.2, -0.15) is 0 Å². The van der Waals surface area contributed by atoms with Gasteiger partial charge in [-0.25, -0.2) is 0 Å². The Morgan fingerprint density at radius 3 is 0.957 bits per heavy atom. The van der Waals surface area contributed by atoms with Gasteiger partial charge < -0.3 is 15.2 Å². The van der Waals surface area contributed by atoms with Gasteiger partial charge in [0, 0.05) is 12.8 Å². The first kappa shape index (κ1) is 45.4. The molecule has 2 unspecified atom stereocenters. The van der Waals surface area contributed by atoms with Crippen LogP contribution in [0.2, 0.25) is 0 Å². The lowest BCUT2D eigenvalue weighted by atomic mass is 10.0. The van der Waals surface area contributed by atoms with Crippen molar-refractivity contribution in [3.05, 3.63) is 0 Å². The maximum absolute atomic E-state index is 12.4. The van der Waals surface area contributed by atoms with Crippen LogP contribution in [0.1, 0.15) is 226 Å². The molecule has 0 saturated carbocycles. The van der Waals surface area contributed by atoms with Gasteiger partial charge in [-0.1, -0.05) is 194 Å². The van der Waals surface area contributed by atoms with Crippen molar-refractivity contribution in [2.75, 3.05) is 0 Å². The van der Waals surface area contributed by atoms with E-state index in [1.54, 1.807) is 0 Å². The zero-order valence-corrected chi connectivity index (χ0v) is 31.2. The second kappa shape index (κ2) is 35.7. The minimum Gasteiger partial charge on any atom is -0.456 e. The van der Waals surface area contributed by atoms with Crippen LogP contribution < -0.4 is 11.5 Å². The summed E-state index contributed by atoms with van der Waals surface area (Å²) in [4.78, 5) is 36.3. The number of carbonyl (C=O) groups excluding carboxylic acids is 3. The van der Waals surface area contributed by atoms with Crippen LogP contribution in [0.5, 0.6) is 0 Å². The molecule has 1 amide bonds.